The minimum atomic E-state index is -0.704. The number of ether oxygens (including phenoxy) is 2. The number of fused-ring (bicyclic) bond motifs is 1. The molecule has 6 nitrogen and oxygen atoms in total. The van der Waals surface area contributed by atoms with E-state index in [9.17, 15) is 14.7 Å². The van der Waals surface area contributed by atoms with Gasteiger partial charge in [-0.1, -0.05) is 58.4 Å². The molecule has 1 N–H and O–H groups in total. The van der Waals surface area contributed by atoms with E-state index >= 15 is 0 Å². The largest absolute Gasteiger partial charge is 0.507 e. The Labute approximate surface area is 205 Å². The van der Waals surface area contributed by atoms with E-state index in [1.54, 1.807) is 23.1 Å². The highest BCUT2D eigenvalue weighted by Gasteiger charge is 2.45. The molecule has 0 spiro atoms. The standard InChI is InChI=1S/C27H22BrNO5/c28-20-9-6-18(7-10-20)24-23(25(30)19-8-11-21-22(16-19)34-15-14-33-21)26(31)27(32)29(24)13-12-17-4-2-1-3-5-17/h1-11,16,24,30H,12-15H2/b25-23+/t24-/m1/s1. The highest BCUT2D eigenvalue weighted by molar-refractivity contribution is 9.10. The SMILES string of the molecule is O=C1C(=O)N(CCc2ccccc2)[C@H](c2ccc(Br)cc2)/C1=C(\O)c1ccc2c(c1)OCCO2. The first-order chi connectivity index (χ1) is 16.5. The highest BCUT2D eigenvalue weighted by atomic mass is 79.9. The molecule has 1 saturated heterocycles. The van der Waals surface area contributed by atoms with Gasteiger partial charge in [0.1, 0.15) is 19.0 Å². The van der Waals surface area contributed by atoms with Crippen molar-refractivity contribution >= 4 is 33.4 Å². The number of hydrogen-bond acceptors (Lipinski definition) is 5. The molecule has 3 aromatic rings. The maximum absolute atomic E-state index is 13.2. The van der Waals surface area contributed by atoms with Gasteiger partial charge in [-0.3, -0.25) is 9.59 Å². The van der Waals surface area contributed by atoms with E-state index in [1.165, 1.54) is 0 Å². The fourth-order valence-corrected chi connectivity index (χ4v) is 4.61. The van der Waals surface area contributed by atoms with Crippen LogP contribution in [0.2, 0.25) is 0 Å². The third-order valence-corrected chi connectivity index (χ3v) is 6.55. The Morgan fingerprint density at radius 1 is 0.941 bits per heavy atom. The zero-order valence-corrected chi connectivity index (χ0v) is 19.8. The molecule has 1 atom stereocenters. The van der Waals surface area contributed by atoms with Crippen molar-refractivity contribution in [3.8, 4) is 11.5 Å². The Balaban J connectivity index is 1.57. The van der Waals surface area contributed by atoms with E-state index in [0.717, 1.165) is 15.6 Å². The van der Waals surface area contributed by atoms with Crippen molar-refractivity contribution in [3.63, 3.8) is 0 Å². The van der Waals surface area contributed by atoms with Crippen LogP contribution in [0.3, 0.4) is 0 Å². The number of carbonyl (C=O) groups is 2. The summed E-state index contributed by atoms with van der Waals surface area (Å²) in [7, 11) is 0. The molecule has 7 heteroatoms. The van der Waals surface area contributed by atoms with Gasteiger partial charge in [0.05, 0.1) is 11.6 Å². The van der Waals surface area contributed by atoms with Crippen molar-refractivity contribution in [1.29, 1.82) is 0 Å². The van der Waals surface area contributed by atoms with E-state index in [1.807, 2.05) is 54.6 Å². The second-order valence-electron chi connectivity index (χ2n) is 8.14. The Kier molecular flexibility index (Phi) is 6.11. The monoisotopic (exact) mass is 519 g/mol. The second-order valence-corrected chi connectivity index (χ2v) is 9.05. The zero-order valence-electron chi connectivity index (χ0n) is 18.2. The average Bonchev–Trinajstić information content (AvgIpc) is 3.12. The van der Waals surface area contributed by atoms with Crippen molar-refractivity contribution in [1.82, 2.24) is 4.90 Å². The van der Waals surface area contributed by atoms with Gasteiger partial charge in [0.25, 0.3) is 11.7 Å². The fraction of sp³-hybridized carbons (Fsp3) is 0.185. The lowest BCUT2D eigenvalue weighted by Crippen LogP contribution is -2.31. The van der Waals surface area contributed by atoms with Gasteiger partial charge in [-0.25, -0.2) is 0 Å². The number of halogens is 1. The summed E-state index contributed by atoms with van der Waals surface area (Å²) in [6, 6.07) is 21.5. The number of rotatable bonds is 5. The number of amides is 1. The first-order valence-corrected chi connectivity index (χ1v) is 11.8. The summed E-state index contributed by atoms with van der Waals surface area (Å²) < 4.78 is 12.1. The van der Waals surface area contributed by atoms with Crippen LogP contribution in [0.15, 0.2) is 82.8 Å². The molecule has 172 valence electrons. The molecule has 0 radical (unpaired) electrons. The molecule has 0 saturated carbocycles. The van der Waals surface area contributed by atoms with E-state index in [-0.39, 0.29) is 11.3 Å². The molecule has 0 aromatic heterocycles. The Morgan fingerprint density at radius 3 is 2.38 bits per heavy atom. The van der Waals surface area contributed by atoms with Crippen LogP contribution in [0.1, 0.15) is 22.7 Å². The molecule has 2 heterocycles. The number of nitrogens with zero attached hydrogens (tertiary/aromatic N) is 1. The van der Waals surface area contributed by atoms with Gasteiger partial charge >= 0.3 is 0 Å². The first-order valence-electron chi connectivity index (χ1n) is 11.0. The lowest BCUT2D eigenvalue weighted by atomic mass is 9.95. The summed E-state index contributed by atoms with van der Waals surface area (Å²) >= 11 is 3.44. The lowest BCUT2D eigenvalue weighted by Gasteiger charge is -2.25. The first kappa shape index (κ1) is 22.2. The van der Waals surface area contributed by atoms with Crippen molar-refractivity contribution in [2.75, 3.05) is 19.8 Å². The third kappa shape index (κ3) is 4.19. The molecule has 1 amide bonds. The van der Waals surface area contributed by atoms with Crippen molar-refractivity contribution < 1.29 is 24.2 Å². The van der Waals surface area contributed by atoms with Crippen LogP contribution in [0, 0.1) is 0 Å². The van der Waals surface area contributed by atoms with Gasteiger partial charge in [-0.05, 0) is 47.9 Å². The summed E-state index contributed by atoms with van der Waals surface area (Å²) in [5, 5.41) is 11.3. The smallest absolute Gasteiger partial charge is 0.295 e. The molecule has 1 fully saturated rings. The zero-order chi connectivity index (χ0) is 23.7. The second kappa shape index (κ2) is 9.35. The van der Waals surface area contributed by atoms with Gasteiger partial charge < -0.3 is 19.5 Å². The summed E-state index contributed by atoms with van der Waals surface area (Å²) in [5.74, 6) is -0.480. The summed E-state index contributed by atoms with van der Waals surface area (Å²) in [5.41, 5.74) is 2.27. The van der Waals surface area contributed by atoms with Gasteiger partial charge in [0.15, 0.2) is 11.5 Å². The number of benzene rings is 3. The molecule has 3 aromatic carbocycles. The summed E-state index contributed by atoms with van der Waals surface area (Å²) in [6.45, 7) is 1.20. The fourth-order valence-electron chi connectivity index (χ4n) is 4.34. The summed E-state index contributed by atoms with van der Waals surface area (Å²) in [4.78, 5) is 27.9. The molecular formula is C27H22BrNO5. The number of aliphatic hydroxyl groups excluding tert-OH is 1. The topological polar surface area (TPSA) is 76.1 Å². The Morgan fingerprint density at radius 2 is 1.65 bits per heavy atom. The van der Waals surface area contributed by atoms with Crippen LogP contribution in [0.25, 0.3) is 5.76 Å². The Hall–Kier alpha value is -3.58. The number of Topliss-reactive ketones (excluding diaryl/α,β-unsaturated/α-hetero) is 1. The normalized spacial score (nSPS) is 18.9. The maximum Gasteiger partial charge on any atom is 0.295 e. The summed E-state index contributed by atoms with van der Waals surface area (Å²) in [6.07, 6.45) is 0.588. The number of likely N-dealkylation sites (tertiary alicyclic amines) is 1. The van der Waals surface area contributed by atoms with Crippen LogP contribution in [-0.2, 0) is 16.0 Å². The molecule has 2 aliphatic rings. The van der Waals surface area contributed by atoms with E-state index in [4.69, 9.17) is 9.47 Å². The van der Waals surface area contributed by atoms with Gasteiger partial charge in [0, 0.05) is 16.6 Å². The number of carbonyl (C=O) groups excluding carboxylic acids is 2. The van der Waals surface area contributed by atoms with E-state index in [2.05, 4.69) is 15.9 Å². The minimum Gasteiger partial charge on any atom is -0.507 e. The van der Waals surface area contributed by atoms with Gasteiger partial charge in [0.2, 0.25) is 0 Å². The average molecular weight is 520 g/mol. The third-order valence-electron chi connectivity index (χ3n) is 6.03. The minimum absolute atomic E-state index is 0.0667. The number of aliphatic hydroxyl groups is 1. The molecule has 0 aliphatic carbocycles. The number of hydrogen-bond donors (Lipinski definition) is 1. The lowest BCUT2D eigenvalue weighted by molar-refractivity contribution is -0.139. The molecule has 0 unspecified atom stereocenters. The van der Waals surface area contributed by atoms with Crippen LogP contribution in [0.4, 0.5) is 0 Å². The van der Waals surface area contributed by atoms with Crippen LogP contribution < -0.4 is 9.47 Å². The quantitative estimate of drug-likeness (QED) is 0.295. The molecule has 34 heavy (non-hydrogen) atoms. The van der Waals surface area contributed by atoms with E-state index < -0.39 is 17.7 Å². The van der Waals surface area contributed by atoms with Crippen LogP contribution in [0.5, 0.6) is 11.5 Å². The van der Waals surface area contributed by atoms with E-state index in [0.29, 0.717) is 43.2 Å². The molecule has 5 rings (SSSR count). The van der Waals surface area contributed by atoms with Crippen LogP contribution in [-0.4, -0.2) is 41.5 Å². The Bertz CT molecular complexity index is 1270. The molecule has 0 bridgehead atoms. The van der Waals surface area contributed by atoms with Crippen molar-refractivity contribution in [3.05, 3.63) is 99.5 Å². The van der Waals surface area contributed by atoms with Gasteiger partial charge in [-0.2, -0.15) is 0 Å². The van der Waals surface area contributed by atoms with Crippen molar-refractivity contribution in [2.24, 2.45) is 0 Å². The van der Waals surface area contributed by atoms with Crippen molar-refractivity contribution in [2.45, 2.75) is 12.5 Å². The molecule has 2 aliphatic heterocycles. The number of ketones is 1. The maximum atomic E-state index is 13.2. The van der Waals surface area contributed by atoms with Gasteiger partial charge in [-0.15, -0.1) is 0 Å². The predicted octanol–water partition coefficient (Wildman–Crippen LogP) is 4.88. The molecular weight excluding hydrogens is 498 g/mol. The van der Waals surface area contributed by atoms with Crippen LogP contribution >= 0.6 is 15.9 Å². The predicted molar refractivity (Wildman–Crippen MR) is 131 cm³/mol. The highest BCUT2D eigenvalue weighted by Crippen LogP contribution is 2.41.